The maximum Gasteiger partial charge on any atom is 0.322 e. The molecule has 0 radical (unpaired) electrons. The third kappa shape index (κ3) is 3.91. The van der Waals surface area contributed by atoms with Gasteiger partial charge in [-0.15, -0.1) is 0 Å². The van der Waals surface area contributed by atoms with E-state index in [1.54, 1.807) is 23.2 Å². The molecule has 2 amide bonds. The summed E-state index contributed by atoms with van der Waals surface area (Å²) in [7, 11) is 0. The third-order valence-electron chi connectivity index (χ3n) is 5.12. The number of halogens is 1. The van der Waals surface area contributed by atoms with Crippen LogP contribution in [0.25, 0.3) is 0 Å². The summed E-state index contributed by atoms with van der Waals surface area (Å²) in [4.78, 5) is 18.5. The van der Waals surface area contributed by atoms with Crippen molar-refractivity contribution >= 4 is 11.7 Å². The molecule has 2 heterocycles. The number of hydrogen-bond donors (Lipinski definition) is 1. The van der Waals surface area contributed by atoms with Crippen molar-refractivity contribution in [3.05, 3.63) is 83.7 Å². The second-order valence-electron chi connectivity index (χ2n) is 6.92. The molecule has 1 aromatic heterocycles. The van der Waals surface area contributed by atoms with Crippen molar-refractivity contribution in [3.63, 3.8) is 0 Å². The SMILES string of the molecule is O=C(NCc1nccn1CCCc1ccccc1)N1CCc2c(F)cccc21. The van der Waals surface area contributed by atoms with Crippen molar-refractivity contribution in [2.45, 2.75) is 32.4 Å². The van der Waals surface area contributed by atoms with Gasteiger partial charge in [0.25, 0.3) is 0 Å². The van der Waals surface area contributed by atoms with Crippen LogP contribution in [0.5, 0.6) is 0 Å². The number of nitrogens with zero attached hydrogens (tertiary/aromatic N) is 3. The molecule has 1 aliphatic heterocycles. The number of nitrogens with one attached hydrogen (secondary N) is 1. The molecule has 0 saturated heterocycles. The fourth-order valence-electron chi connectivity index (χ4n) is 3.66. The summed E-state index contributed by atoms with van der Waals surface area (Å²) in [6.45, 7) is 1.68. The molecule has 1 N–H and O–H groups in total. The number of anilines is 1. The number of amides is 2. The third-order valence-corrected chi connectivity index (χ3v) is 5.12. The van der Waals surface area contributed by atoms with E-state index >= 15 is 0 Å². The minimum absolute atomic E-state index is 0.219. The van der Waals surface area contributed by atoms with E-state index in [1.807, 2.05) is 12.3 Å². The number of benzene rings is 2. The van der Waals surface area contributed by atoms with Crippen molar-refractivity contribution in [1.82, 2.24) is 14.9 Å². The zero-order valence-corrected chi connectivity index (χ0v) is 15.6. The molecular formula is C22H23FN4O. The minimum atomic E-state index is -0.248. The van der Waals surface area contributed by atoms with Crippen LogP contribution in [0, 0.1) is 5.82 Å². The van der Waals surface area contributed by atoms with E-state index in [1.165, 1.54) is 11.6 Å². The quantitative estimate of drug-likeness (QED) is 0.707. The van der Waals surface area contributed by atoms with Gasteiger partial charge in [0.1, 0.15) is 11.6 Å². The zero-order chi connectivity index (χ0) is 19.3. The molecular weight excluding hydrogens is 355 g/mol. The lowest BCUT2D eigenvalue weighted by Gasteiger charge is -2.18. The average molecular weight is 378 g/mol. The Kier molecular flexibility index (Phi) is 5.37. The van der Waals surface area contributed by atoms with Crippen LogP contribution in [0.1, 0.15) is 23.4 Å². The van der Waals surface area contributed by atoms with Gasteiger partial charge in [-0.05, 0) is 37.0 Å². The highest BCUT2D eigenvalue weighted by atomic mass is 19.1. The first-order valence-corrected chi connectivity index (χ1v) is 9.59. The topological polar surface area (TPSA) is 50.2 Å². The highest BCUT2D eigenvalue weighted by molar-refractivity contribution is 5.94. The molecule has 0 spiro atoms. The van der Waals surface area contributed by atoms with E-state index in [2.05, 4.69) is 39.1 Å². The van der Waals surface area contributed by atoms with Crippen molar-refractivity contribution < 1.29 is 9.18 Å². The van der Waals surface area contributed by atoms with Crippen LogP contribution in [0.15, 0.2) is 60.9 Å². The molecule has 6 heteroatoms. The number of urea groups is 1. The van der Waals surface area contributed by atoms with Crippen LogP contribution in [-0.2, 0) is 25.9 Å². The van der Waals surface area contributed by atoms with Crippen molar-refractivity contribution in [1.29, 1.82) is 0 Å². The number of aryl methyl sites for hydroxylation is 2. The number of rotatable bonds is 6. The van der Waals surface area contributed by atoms with Gasteiger partial charge < -0.3 is 9.88 Å². The van der Waals surface area contributed by atoms with Gasteiger partial charge in [0, 0.05) is 31.0 Å². The first-order chi connectivity index (χ1) is 13.7. The molecule has 4 rings (SSSR count). The Morgan fingerprint density at radius 3 is 2.86 bits per heavy atom. The Balaban J connectivity index is 1.32. The molecule has 0 aliphatic carbocycles. The van der Waals surface area contributed by atoms with Gasteiger partial charge in [-0.25, -0.2) is 14.2 Å². The molecule has 144 valence electrons. The van der Waals surface area contributed by atoms with E-state index in [4.69, 9.17) is 0 Å². The first-order valence-electron chi connectivity index (χ1n) is 9.59. The molecule has 5 nitrogen and oxygen atoms in total. The number of carbonyl (C=O) groups excluding carboxylic acids is 1. The molecule has 0 atom stereocenters. The molecule has 3 aromatic rings. The first kappa shape index (κ1) is 18.2. The second-order valence-corrected chi connectivity index (χ2v) is 6.92. The van der Waals surface area contributed by atoms with Crippen LogP contribution in [0.4, 0.5) is 14.9 Å². The van der Waals surface area contributed by atoms with Gasteiger partial charge in [-0.2, -0.15) is 0 Å². The predicted molar refractivity (Wildman–Crippen MR) is 107 cm³/mol. The molecule has 2 aromatic carbocycles. The van der Waals surface area contributed by atoms with Gasteiger partial charge in [-0.1, -0.05) is 36.4 Å². The maximum absolute atomic E-state index is 13.9. The van der Waals surface area contributed by atoms with Crippen LogP contribution >= 0.6 is 0 Å². The summed E-state index contributed by atoms with van der Waals surface area (Å²) >= 11 is 0. The Hall–Kier alpha value is -3.15. The monoisotopic (exact) mass is 378 g/mol. The van der Waals surface area contributed by atoms with E-state index < -0.39 is 0 Å². The summed E-state index contributed by atoms with van der Waals surface area (Å²) in [5.74, 6) is 0.571. The molecule has 1 aliphatic rings. The number of aromatic nitrogens is 2. The minimum Gasteiger partial charge on any atom is -0.333 e. The largest absolute Gasteiger partial charge is 0.333 e. The zero-order valence-electron chi connectivity index (χ0n) is 15.6. The van der Waals surface area contributed by atoms with Gasteiger partial charge >= 0.3 is 6.03 Å². The highest BCUT2D eigenvalue weighted by Crippen LogP contribution is 2.29. The lowest BCUT2D eigenvalue weighted by molar-refractivity contribution is 0.246. The number of hydrogen-bond acceptors (Lipinski definition) is 2. The summed E-state index contributed by atoms with van der Waals surface area (Å²) in [6.07, 6.45) is 6.24. The van der Waals surface area contributed by atoms with Crippen molar-refractivity contribution in [2.24, 2.45) is 0 Å². The molecule has 0 bridgehead atoms. The van der Waals surface area contributed by atoms with Gasteiger partial charge in [0.05, 0.1) is 12.2 Å². The summed E-state index contributed by atoms with van der Waals surface area (Å²) in [6, 6.07) is 15.0. The Morgan fingerprint density at radius 1 is 1.14 bits per heavy atom. The summed E-state index contributed by atoms with van der Waals surface area (Å²) in [5.41, 5.74) is 2.58. The van der Waals surface area contributed by atoms with Gasteiger partial charge in [0.15, 0.2) is 0 Å². The van der Waals surface area contributed by atoms with Crippen LogP contribution in [-0.4, -0.2) is 22.1 Å². The number of imidazole rings is 1. The van der Waals surface area contributed by atoms with E-state index in [0.717, 1.165) is 25.2 Å². The van der Waals surface area contributed by atoms with Crippen LogP contribution in [0.3, 0.4) is 0 Å². The van der Waals surface area contributed by atoms with Crippen LogP contribution < -0.4 is 10.2 Å². The molecule has 0 unspecified atom stereocenters. The maximum atomic E-state index is 13.9. The lowest BCUT2D eigenvalue weighted by Crippen LogP contribution is -2.39. The normalized spacial score (nSPS) is 12.8. The standard InChI is InChI=1S/C22H23FN4O/c23-19-9-4-10-20-18(19)11-14-27(20)22(28)25-16-21-24-12-15-26(21)13-5-8-17-6-2-1-3-7-17/h1-4,6-7,9-10,12,15H,5,8,11,13-14,16H2,(H,25,28). The molecule has 0 fully saturated rings. The summed E-state index contributed by atoms with van der Waals surface area (Å²) in [5, 5.41) is 2.92. The lowest BCUT2D eigenvalue weighted by atomic mass is 10.1. The van der Waals surface area contributed by atoms with E-state index in [9.17, 15) is 9.18 Å². The fourth-order valence-corrected chi connectivity index (χ4v) is 3.66. The van der Waals surface area contributed by atoms with E-state index in [0.29, 0.717) is 30.8 Å². The van der Waals surface area contributed by atoms with Crippen LogP contribution in [0.2, 0.25) is 0 Å². The summed E-state index contributed by atoms with van der Waals surface area (Å²) < 4.78 is 15.9. The predicted octanol–water partition coefficient (Wildman–Crippen LogP) is 3.93. The number of carbonyl (C=O) groups is 1. The van der Waals surface area contributed by atoms with Gasteiger partial charge in [-0.3, -0.25) is 4.90 Å². The Morgan fingerprint density at radius 2 is 2.00 bits per heavy atom. The molecule has 0 saturated carbocycles. The van der Waals surface area contributed by atoms with E-state index in [-0.39, 0.29) is 11.8 Å². The smallest absolute Gasteiger partial charge is 0.322 e. The average Bonchev–Trinajstić information content (AvgIpc) is 3.35. The highest BCUT2D eigenvalue weighted by Gasteiger charge is 2.26. The van der Waals surface area contributed by atoms with Crippen molar-refractivity contribution in [3.8, 4) is 0 Å². The Bertz CT molecular complexity index is 954. The molecule has 28 heavy (non-hydrogen) atoms. The Labute approximate surface area is 163 Å². The van der Waals surface area contributed by atoms with Gasteiger partial charge in [0.2, 0.25) is 0 Å². The van der Waals surface area contributed by atoms with Crippen molar-refractivity contribution in [2.75, 3.05) is 11.4 Å². The number of fused-ring (bicyclic) bond motifs is 1. The second kappa shape index (κ2) is 8.25. The fraction of sp³-hybridized carbons (Fsp3) is 0.273.